The number of aromatic nitrogens is 1. The van der Waals surface area contributed by atoms with E-state index in [2.05, 4.69) is 22.5 Å². The zero-order valence-corrected chi connectivity index (χ0v) is 12.4. The second-order valence-corrected chi connectivity index (χ2v) is 4.74. The van der Waals surface area contributed by atoms with Gasteiger partial charge in [0.2, 0.25) is 5.91 Å². The molecule has 0 saturated heterocycles. The lowest BCUT2D eigenvalue weighted by molar-refractivity contribution is -0.114. The Labute approximate surface area is 124 Å². The maximum atomic E-state index is 11.1. The molecule has 0 radical (unpaired) electrons. The Morgan fingerprint density at radius 3 is 2.57 bits per heavy atom. The van der Waals surface area contributed by atoms with E-state index < -0.39 is 0 Å². The number of rotatable bonds is 5. The van der Waals surface area contributed by atoms with E-state index in [0.717, 1.165) is 11.3 Å². The van der Waals surface area contributed by atoms with Crippen LogP contribution < -0.4 is 15.4 Å². The molecule has 0 spiro atoms. The number of nitrogens with zero attached hydrogens (tertiary/aromatic N) is 1. The first kappa shape index (κ1) is 14.8. The molecule has 0 aliphatic rings. The van der Waals surface area contributed by atoms with Crippen LogP contribution in [0.15, 0.2) is 42.7 Å². The Bertz CT molecular complexity index is 614. The molecule has 1 amide bonds. The van der Waals surface area contributed by atoms with E-state index in [0.29, 0.717) is 11.4 Å². The van der Waals surface area contributed by atoms with Crippen molar-refractivity contribution in [3.05, 3.63) is 48.3 Å². The minimum Gasteiger partial charge on any atom is -0.494 e. The van der Waals surface area contributed by atoms with Crippen LogP contribution in [0.1, 0.15) is 25.5 Å². The Kier molecular flexibility index (Phi) is 4.77. The van der Waals surface area contributed by atoms with Gasteiger partial charge in [-0.25, -0.2) is 0 Å². The second-order valence-electron chi connectivity index (χ2n) is 4.74. The van der Waals surface area contributed by atoms with Gasteiger partial charge < -0.3 is 15.4 Å². The molecular weight excluding hydrogens is 266 g/mol. The number of ether oxygens (including phenoxy) is 1. The van der Waals surface area contributed by atoms with E-state index in [1.807, 2.05) is 30.3 Å². The quantitative estimate of drug-likeness (QED) is 0.885. The largest absolute Gasteiger partial charge is 0.494 e. The van der Waals surface area contributed by atoms with Crippen molar-refractivity contribution in [3.63, 3.8) is 0 Å². The van der Waals surface area contributed by atoms with Crippen LogP contribution in [0.5, 0.6) is 5.75 Å². The molecule has 2 aromatic rings. The highest BCUT2D eigenvalue weighted by Gasteiger charge is 2.09. The van der Waals surface area contributed by atoms with Crippen LogP contribution in [-0.4, -0.2) is 18.0 Å². The maximum Gasteiger partial charge on any atom is 0.221 e. The molecule has 0 aliphatic carbocycles. The summed E-state index contributed by atoms with van der Waals surface area (Å²) in [6, 6.07) is 9.68. The number of benzene rings is 1. The summed E-state index contributed by atoms with van der Waals surface area (Å²) in [5, 5.41) is 6.13. The van der Waals surface area contributed by atoms with Gasteiger partial charge in [0.15, 0.2) is 0 Å². The average Bonchev–Trinajstić information content (AvgIpc) is 2.49. The fourth-order valence-corrected chi connectivity index (χ4v) is 2.06. The van der Waals surface area contributed by atoms with Gasteiger partial charge in [-0.1, -0.05) is 0 Å². The summed E-state index contributed by atoms with van der Waals surface area (Å²) in [4.78, 5) is 15.2. The standard InChI is InChI=1S/C16H19N3O2/c1-11(13-6-8-17-9-7-13)18-14-4-5-15(19-12(2)20)16(10-14)21-3/h4-11,18H,1-3H3,(H,19,20). The van der Waals surface area contributed by atoms with Gasteiger partial charge in [-0.05, 0) is 36.8 Å². The van der Waals surface area contributed by atoms with Crippen molar-refractivity contribution in [2.75, 3.05) is 17.7 Å². The highest BCUT2D eigenvalue weighted by atomic mass is 16.5. The lowest BCUT2D eigenvalue weighted by Gasteiger charge is -2.17. The monoisotopic (exact) mass is 285 g/mol. The Balaban J connectivity index is 2.15. The zero-order chi connectivity index (χ0) is 15.2. The summed E-state index contributed by atoms with van der Waals surface area (Å²) in [5.41, 5.74) is 2.73. The van der Waals surface area contributed by atoms with Crippen LogP contribution in [0, 0.1) is 0 Å². The molecule has 0 saturated carbocycles. The number of hydrogen-bond donors (Lipinski definition) is 2. The Hall–Kier alpha value is -2.56. The van der Waals surface area contributed by atoms with Crippen LogP contribution in [-0.2, 0) is 4.79 Å². The molecule has 0 fully saturated rings. The molecule has 1 heterocycles. The first-order valence-corrected chi connectivity index (χ1v) is 6.72. The molecule has 0 bridgehead atoms. The summed E-state index contributed by atoms with van der Waals surface area (Å²) in [7, 11) is 1.58. The third-order valence-electron chi connectivity index (χ3n) is 3.10. The number of carbonyl (C=O) groups excluding carboxylic acids is 1. The fourth-order valence-electron chi connectivity index (χ4n) is 2.06. The van der Waals surface area contributed by atoms with Gasteiger partial charge in [-0.3, -0.25) is 9.78 Å². The highest BCUT2D eigenvalue weighted by Crippen LogP contribution is 2.29. The van der Waals surface area contributed by atoms with Gasteiger partial charge in [-0.2, -0.15) is 0 Å². The summed E-state index contributed by atoms with van der Waals surface area (Å²) in [6.45, 7) is 3.54. The smallest absolute Gasteiger partial charge is 0.221 e. The first-order valence-electron chi connectivity index (χ1n) is 6.72. The summed E-state index contributed by atoms with van der Waals surface area (Å²) >= 11 is 0. The zero-order valence-electron chi connectivity index (χ0n) is 12.4. The normalized spacial score (nSPS) is 11.6. The average molecular weight is 285 g/mol. The van der Waals surface area contributed by atoms with Crippen molar-refractivity contribution in [1.29, 1.82) is 0 Å². The van der Waals surface area contributed by atoms with E-state index >= 15 is 0 Å². The summed E-state index contributed by atoms with van der Waals surface area (Å²) < 4.78 is 5.31. The third-order valence-corrected chi connectivity index (χ3v) is 3.10. The third kappa shape index (κ3) is 3.95. The Morgan fingerprint density at radius 1 is 1.24 bits per heavy atom. The summed E-state index contributed by atoms with van der Waals surface area (Å²) in [6.07, 6.45) is 3.54. The van der Waals surface area contributed by atoms with Crippen LogP contribution in [0.25, 0.3) is 0 Å². The molecule has 110 valence electrons. The molecule has 1 aromatic heterocycles. The predicted molar refractivity (Wildman–Crippen MR) is 83.6 cm³/mol. The van der Waals surface area contributed by atoms with Crippen LogP contribution in [0.3, 0.4) is 0 Å². The molecule has 5 heteroatoms. The molecule has 5 nitrogen and oxygen atoms in total. The molecule has 1 unspecified atom stereocenters. The molecule has 0 aliphatic heterocycles. The van der Waals surface area contributed by atoms with E-state index in [9.17, 15) is 4.79 Å². The van der Waals surface area contributed by atoms with Crippen LogP contribution in [0.2, 0.25) is 0 Å². The number of carbonyl (C=O) groups is 1. The van der Waals surface area contributed by atoms with Gasteiger partial charge in [0.05, 0.1) is 12.8 Å². The maximum absolute atomic E-state index is 11.1. The number of nitrogens with one attached hydrogen (secondary N) is 2. The number of methoxy groups -OCH3 is 1. The van der Waals surface area contributed by atoms with Crippen molar-refractivity contribution in [2.24, 2.45) is 0 Å². The number of pyridine rings is 1. The van der Waals surface area contributed by atoms with Crippen molar-refractivity contribution in [2.45, 2.75) is 19.9 Å². The molecule has 2 N–H and O–H groups in total. The number of anilines is 2. The van der Waals surface area contributed by atoms with E-state index in [1.165, 1.54) is 6.92 Å². The van der Waals surface area contributed by atoms with Crippen LogP contribution in [0.4, 0.5) is 11.4 Å². The lowest BCUT2D eigenvalue weighted by atomic mass is 10.1. The van der Waals surface area contributed by atoms with Gasteiger partial charge in [-0.15, -0.1) is 0 Å². The Morgan fingerprint density at radius 2 is 1.95 bits per heavy atom. The van der Waals surface area contributed by atoms with Gasteiger partial charge in [0.25, 0.3) is 0 Å². The lowest BCUT2D eigenvalue weighted by Crippen LogP contribution is -2.09. The molecule has 21 heavy (non-hydrogen) atoms. The van der Waals surface area contributed by atoms with Crippen LogP contribution >= 0.6 is 0 Å². The molecular formula is C16H19N3O2. The predicted octanol–water partition coefficient (Wildman–Crippen LogP) is 3.22. The topological polar surface area (TPSA) is 63.2 Å². The highest BCUT2D eigenvalue weighted by molar-refractivity contribution is 5.90. The molecule has 1 atom stereocenters. The van der Waals surface area contributed by atoms with E-state index in [4.69, 9.17) is 4.74 Å². The van der Waals surface area contributed by atoms with E-state index in [-0.39, 0.29) is 11.9 Å². The molecule has 2 rings (SSSR count). The van der Waals surface area contributed by atoms with Crippen molar-refractivity contribution in [1.82, 2.24) is 4.98 Å². The van der Waals surface area contributed by atoms with Gasteiger partial charge in [0.1, 0.15) is 5.75 Å². The second kappa shape index (κ2) is 6.74. The van der Waals surface area contributed by atoms with Crippen molar-refractivity contribution in [3.8, 4) is 5.75 Å². The number of amides is 1. The molecule has 1 aromatic carbocycles. The first-order chi connectivity index (χ1) is 10.1. The van der Waals surface area contributed by atoms with Crippen molar-refractivity contribution < 1.29 is 9.53 Å². The summed E-state index contributed by atoms with van der Waals surface area (Å²) in [5.74, 6) is 0.497. The minimum atomic E-state index is -0.126. The minimum absolute atomic E-state index is 0.126. The van der Waals surface area contributed by atoms with Gasteiger partial charge in [0, 0.05) is 37.1 Å². The van der Waals surface area contributed by atoms with E-state index in [1.54, 1.807) is 19.5 Å². The SMILES string of the molecule is COc1cc(NC(C)c2ccncc2)ccc1NC(C)=O. The van der Waals surface area contributed by atoms with Crippen molar-refractivity contribution >= 4 is 17.3 Å². The number of hydrogen-bond acceptors (Lipinski definition) is 4. The van der Waals surface area contributed by atoms with Gasteiger partial charge >= 0.3 is 0 Å². The fraction of sp³-hybridized carbons (Fsp3) is 0.250.